The molecule has 4 heteroatoms. The second kappa shape index (κ2) is 11.4. The third-order valence-corrected chi connectivity index (χ3v) is 9.74. The fraction of sp³-hybridized carbons (Fsp3) is 0. The summed E-state index contributed by atoms with van der Waals surface area (Å²) in [5.41, 5.74) is 4.82. The number of hydrogen-bond acceptors (Lipinski definition) is 4. The number of pyridine rings is 1. The van der Waals surface area contributed by atoms with E-state index < -0.39 is 0 Å². The summed E-state index contributed by atoms with van der Waals surface area (Å²) in [6.07, 6.45) is 1.95. The molecular weight excluding hydrogens is 609 g/mol. The number of rotatable bonds is 4. The maximum atomic E-state index is 5.31. The molecule has 0 atom stereocenters. The Labute approximate surface area is 288 Å². The van der Waals surface area contributed by atoms with Gasteiger partial charge in [-0.3, -0.25) is 4.98 Å². The second-order valence-corrected chi connectivity index (χ2v) is 12.6. The van der Waals surface area contributed by atoms with Gasteiger partial charge in [-0.05, 0) is 66.2 Å². The molecule has 0 radical (unpaired) electrons. The van der Waals surface area contributed by atoms with Crippen molar-refractivity contribution in [2.75, 3.05) is 0 Å². The molecule has 4 nitrogen and oxygen atoms in total. The molecule has 0 fully saturated rings. The molecule has 10 aromatic rings. The standard InChI is InChI=1S/C46H28N4/c1-2-14-29(15-3-1)42-28-47-43(39-25-13-12-24-38(39)42)46-49-44(40-26-30-16-4-6-18-32(30)34-20-8-10-22-36(34)40)48-45(50-46)41-27-31-17-5-7-19-33(31)35-21-9-11-23-37(35)41/h1-28H. The van der Waals surface area contributed by atoms with Crippen molar-refractivity contribution in [2.24, 2.45) is 0 Å². The normalized spacial score (nSPS) is 11.6. The van der Waals surface area contributed by atoms with Gasteiger partial charge in [0.2, 0.25) is 0 Å². The lowest BCUT2D eigenvalue weighted by molar-refractivity contribution is 1.07. The van der Waals surface area contributed by atoms with Gasteiger partial charge in [0.05, 0.1) is 0 Å². The molecule has 2 heterocycles. The lowest BCUT2D eigenvalue weighted by atomic mass is 9.96. The summed E-state index contributed by atoms with van der Waals surface area (Å²) in [6, 6.07) is 57.3. The van der Waals surface area contributed by atoms with E-state index in [0.717, 1.165) is 71.0 Å². The Morgan fingerprint density at radius 3 is 1.24 bits per heavy atom. The second-order valence-electron chi connectivity index (χ2n) is 12.6. The summed E-state index contributed by atoms with van der Waals surface area (Å²) in [7, 11) is 0. The molecule has 0 bridgehead atoms. The van der Waals surface area contributed by atoms with Crippen LogP contribution in [0.3, 0.4) is 0 Å². The van der Waals surface area contributed by atoms with E-state index in [-0.39, 0.29) is 0 Å². The van der Waals surface area contributed by atoms with Crippen LogP contribution in [0.1, 0.15) is 0 Å². The molecule has 232 valence electrons. The largest absolute Gasteiger partial charge is 0.252 e. The van der Waals surface area contributed by atoms with E-state index in [0.29, 0.717) is 17.5 Å². The van der Waals surface area contributed by atoms with Gasteiger partial charge < -0.3 is 0 Å². The predicted molar refractivity (Wildman–Crippen MR) is 207 cm³/mol. The molecule has 50 heavy (non-hydrogen) atoms. The van der Waals surface area contributed by atoms with Gasteiger partial charge in [0, 0.05) is 28.3 Å². The quantitative estimate of drug-likeness (QED) is 0.180. The van der Waals surface area contributed by atoms with Gasteiger partial charge in [0.25, 0.3) is 0 Å². The van der Waals surface area contributed by atoms with Crippen LogP contribution in [0, 0.1) is 0 Å². The van der Waals surface area contributed by atoms with Gasteiger partial charge in [-0.25, -0.2) is 15.0 Å². The maximum absolute atomic E-state index is 5.31. The van der Waals surface area contributed by atoms with Gasteiger partial charge in [0.1, 0.15) is 5.69 Å². The Morgan fingerprint density at radius 2 is 0.700 bits per heavy atom. The molecule has 0 amide bonds. The number of aromatic nitrogens is 4. The molecule has 8 aromatic carbocycles. The topological polar surface area (TPSA) is 51.6 Å². The van der Waals surface area contributed by atoms with Crippen LogP contribution >= 0.6 is 0 Å². The molecule has 2 aromatic heterocycles. The minimum absolute atomic E-state index is 0.537. The SMILES string of the molecule is c1ccc(-c2cnc(-c3nc(-c4cc5ccccc5c5ccccc45)nc(-c4cc5ccccc5c5ccccc45)n3)c3ccccc23)cc1. The number of benzene rings is 8. The van der Waals surface area contributed by atoms with Gasteiger partial charge in [0.15, 0.2) is 17.5 Å². The molecule has 0 unspecified atom stereocenters. The van der Waals surface area contributed by atoms with E-state index in [1.165, 1.54) is 10.8 Å². The summed E-state index contributed by atoms with van der Waals surface area (Å²) in [5, 5.41) is 11.3. The molecule has 0 N–H and O–H groups in total. The van der Waals surface area contributed by atoms with Gasteiger partial charge in [-0.15, -0.1) is 0 Å². The Bertz CT molecular complexity index is 2800. The third-order valence-electron chi connectivity index (χ3n) is 9.74. The Hall–Kier alpha value is -6.78. The van der Waals surface area contributed by atoms with Crippen molar-refractivity contribution in [3.8, 4) is 45.4 Å². The van der Waals surface area contributed by atoms with Gasteiger partial charge >= 0.3 is 0 Å². The van der Waals surface area contributed by atoms with Crippen LogP contribution in [-0.2, 0) is 0 Å². The average molecular weight is 637 g/mol. The van der Waals surface area contributed by atoms with Gasteiger partial charge in [-0.1, -0.05) is 152 Å². The Morgan fingerprint density at radius 1 is 0.300 bits per heavy atom. The van der Waals surface area contributed by atoms with E-state index >= 15 is 0 Å². The number of hydrogen-bond donors (Lipinski definition) is 0. The van der Waals surface area contributed by atoms with Crippen LogP contribution in [0.2, 0.25) is 0 Å². The van der Waals surface area contributed by atoms with Crippen molar-refractivity contribution in [1.29, 1.82) is 0 Å². The van der Waals surface area contributed by atoms with Crippen LogP contribution in [0.25, 0.3) is 99.3 Å². The predicted octanol–water partition coefficient (Wildman–Crippen LogP) is 11.7. The fourth-order valence-corrected chi connectivity index (χ4v) is 7.42. The van der Waals surface area contributed by atoms with Crippen molar-refractivity contribution >= 4 is 53.9 Å². The summed E-state index contributed by atoms with van der Waals surface area (Å²) >= 11 is 0. The van der Waals surface area contributed by atoms with Crippen LogP contribution in [0.4, 0.5) is 0 Å². The zero-order chi connectivity index (χ0) is 33.0. The summed E-state index contributed by atoms with van der Waals surface area (Å²) in [6.45, 7) is 0. The van der Waals surface area contributed by atoms with Crippen LogP contribution in [0.5, 0.6) is 0 Å². The smallest absolute Gasteiger partial charge is 0.183 e. The van der Waals surface area contributed by atoms with Crippen LogP contribution in [-0.4, -0.2) is 19.9 Å². The van der Waals surface area contributed by atoms with Crippen molar-refractivity contribution in [3.63, 3.8) is 0 Å². The van der Waals surface area contributed by atoms with Crippen molar-refractivity contribution in [2.45, 2.75) is 0 Å². The summed E-state index contributed by atoms with van der Waals surface area (Å²) < 4.78 is 0. The molecule has 0 spiro atoms. The highest BCUT2D eigenvalue weighted by Gasteiger charge is 2.20. The zero-order valence-corrected chi connectivity index (χ0v) is 27.0. The van der Waals surface area contributed by atoms with E-state index in [9.17, 15) is 0 Å². The first-order valence-electron chi connectivity index (χ1n) is 16.8. The number of nitrogens with zero attached hydrogens (tertiary/aromatic N) is 4. The van der Waals surface area contributed by atoms with Gasteiger partial charge in [-0.2, -0.15) is 0 Å². The summed E-state index contributed by atoms with van der Waals surface area (Å²) in [4.78, 5) is 20.9. The molecule has 0 aliphatic heterocycles. The molecular formula is C46H28N4. The minimum atomic E-state index is 0.537. The lowest BCUT2D eigenvalue weighted by Gasteiger charge is -2.15. The highest BCUT2D eigenvalue weighted by atomic mass is 15.0. The van der Waals surface area contributed by atoms with E-state index in [1.807, 2.05) is 12.3 Å². The fourth-order valence-electron chi connectivity index (χ4n) is 7.42. The van der Waals surface area contributed by atoms with Crippen molar-refractivity contribution in [1.82, 2.24) is 19.9 Å². The zero-order valence-electron chi connectivity index (χ0n) is 27.0. The van der Waals surface area contributed by atoms with E-state index in [4.69, 9.17) is 19.9 Å². The molecule has 0 aliphatic rings. The van der Waals surface area contributed by atoms with Crippen molar-refractivity contribution in [3.05, 3.63) is 170 Å². The average Bonchev–Trinajstić information content (AvgIpc) is 3.20. The highest BCUT2D eigenvalue weighted by Crippen LogP contribution is 2.39. The lowest BCUT2D eigenvalue weighted by Crippen LogP contribution is -2.03. The van der Waals surface area contributed by atoms with E-state index in [2.05, 4.69) is 158 Å². The van der Waals surface area contributed by atoms with E-state index in [1.54, 1.807) is 0 Å². The minimum Gasteiger partial charge on any atom is -0.252 e. The molecule has 10 rings (SSSR count). The van der Waals surface area contributed by atoms with Crippen LogP contribution < -0.4 is 0 Å². The Kier molecular flexibility index (Phi) is 6.46. The Balaban J connectivity index is 1.30. The maximum Gasteiger partial charge on any atom is 0.183 e. The molecule has 0 aliphatic carbocycles. The number of fused-ring (bicyclic) bond motifs is 7. The first-order chi connectivity index (χ1) is 24.8. The summed E-state index contributed by atoms with van der Waals surface area (Å²) in [5.74, 6) is 1.76. The van der Waals surface area contributed by atoms with Crippen LogP contribution in [0.15, 0.2) is 170 Å². The molecule has 0 saturated carbocycles. The highest BCUT2D eigenvalue weighted by molar-refractivity contribution is 6.15. The first kappa shape index (κ1) is 28.3. The van der Waals surface area contributed by atoms with Crippen molar-refractivity contribution < 1.29 is 0 Å². The molecule has 0 saturated heterocycles. The monoisotopic (exact) mass is 636 g/mol. The third kappa shape index (κ3) is 4.54. The first-order valence-corrected chi connectivity index (χ1v) is 16.8.